The third-order valence-electron chi connectivity index (χ3n) is 2.97. The van der Waals surface area contributed by atoms with Crippen LogP contribution in [0.3, 0.4) is 0 Å². The maximum atomic E-state index is 13.4. The molecule has 1 nitrogen and oxygen atoms in total. The molecule has 0 heterocycles. The number of Topliss-reactive ketones (excluding diaryl/α,β-unsaturated/α-hetero) is 1. The SMILES string of the molecule is CCc1ccc(CC(=O)c2ccccc2F)cc1. The Morgan fingerprint density at radius 3 is 2.22 bits per heavy atom. The predicted octanol–water partition coefficient (Wildman–Crippen LogP) is 3.81. The van der Waals surface area contributed by atoms with Crippen LogP contribution in [-0.4, -0.2) is 5.78 Å². The van der Waals surface area contributed by atoms with E-state index in [1.165, 1.54) is 17.7 Å². The monoisotopic (exact) mass is 242 g/mol. The summed E-state index contributed by atoms with van der Waals surface area (Å²) in [5, 5.41) is 0. The number of aryl methyl sites for hydroxylation is 1. The van der Waals surface area contributed by atoms with Crippen LogP contribution in [0.25, 0.3) is 0 Å². The Bertz CT molecular complexity index is 543. The van der Waals surface area contributed by atoms with Crippen LogP contribution in [0.2, 0.25) is 0 Å². The van der Waals surface area contributed by atoms with Gasteiger partial charge in [0, 0.05) is 6.42 Å². The van der Waals surface area contributed by atoms with Gasteiger partial charge in [0.05, 0.1) is 5.56 Å². The van der Waals surface area contributed by atoms with Gasteiger partial charge in [0.25, 0.3) is 0 Å². The van der Waals surface area contributed by atoms with E-state index in [-0.39, 0.29) is 17.8 Å². The van der Waals surface area contributed by atoms with Crippen LogP contribution in [0, 0.1) is 5.82 Å². The lowest BCUT2D eigenvalue weighted by atomic mass is 10.0. The Morgan fingerprint density at radius 2 is 1.61 bits per heavy atom. The lowest BCUT2D eigenvalue weighted by Crippen LogP contribution is -2.05. The molecule has 0 bridgehead atoms. The van der Waals surface area contributed by atoms with E-state index in [4.69, 9.17) is 0 Å². The van der Waals surface area contributed by atoms with E-state index >= 15 is 0 Å². The number of ketones is 1. The molecule has 0 saturated carbocycles. The molecule has 0 aliphatic rings. The number of hydrogen-bond acceptors (Lipinski definition) is 1. The van der Waals surface area contributed by atoms with Crippen molar-refractivity contribution in [3.8, 4) is 0 Å². The second-order valence-electron chi connectivity index (χ2n) is 4.25. The second kappa shape index (κ2) is 5.58. The van der Waals surface area contributed by atoms with Crippen LogP contribution < -0.4 is 0 Å². The standard InChI is InChI=1S/C16H15FO/c1-2-12-7-9-13(10-8-12)11-16(18)14-5-3-4-6-15(14)17/h3-10H,2,11H2,1H3. The maximum absolute atomic E-state index is 13.4. The van der Waals surface area contributed by atoms with Gasteiger partial charge in [-0.25, -0.2) is 4.39 Å². The second-order valence-corrected chi connectivity index (χ2v) is 4.25. The van der Waals surface area contributed by atoms with Crippen molar-refractivity contribution in [1.82, 2.24) is 0 Å². The van der Waals surface area contributed by atoms with E-state index in [2.05, 4.69) is 6.92 Å². The molecule has 0 radical (unpaired) electrons. The van der Waals surface area contributed by atoms with E-state index in [1.54, 1.807) is 12.1 Å². The Hall–Kier alpha value is -1.96. The number of rotatable bonds is 4. The topological polar surface area (TPSA) is 17.1 Å². The van der Waals surface area contributed by atoms with Gasteiger partial charge in [-0.15, -0.1) is 0 Å². The van der Waals surface area contributed by atoms with Gasteiger partial charge >= 0.3 is 0 Å². The van der Waals surface area contributed by atoms with Gasteiger partial charge < -0.3 is 0 Å². The van der Waals surface area contributed by atoms with Crippen molar-refractivity contribution < 1.29 is 9.18 Å². The summed E-state index contributed by atoms with van der Waals surface area (Å²) in [5.41, 5.74) is 2.31. The third-order valence-corrected chi connectivity index (χ3v) is 2.97. The average Bonchev–Trinajstić information content (AvgIpc) is 2.40. The first-order valence-electron chi connectivity index (χ1n) is 6.06. The Morgan fingerprint density at radius 1 is 1.00 bits per heavy atom. The highest BCUT2D eigenvalue weighted by atomic mass is 19.1. The van der Waals surface area contributed by atoms with E-state index < -0.39 is 5.82 Å². The van der Waals surface area contributed by atoms with E-state index in [9.17, 15) is 9.18 Å². The Labute approximate surface area is 106 Å². The first-order valence-corrected chi connectivity index (χ1v) is 6.06. The van der Waals surface area contributed by atoms with Crippen molar-refractivity contribution >= 4 is 5.78 Å². The average molecular weight is 242 g/mol. The van der Waals surface area contributed by atoms with Gasteiger partial charge in [0.15, 0.2) is 5.78 Å². The molecule has 18 heavy (non-hydrogen) atoms. The molecule has 0 atom stereocenters. The minimum Gasteiger partial charge on any atom is -0.294 e. The first-order chi connectivity index (χ1) is 8.70. The molecular weight excluding hydrogens is 227 g/mol. The molecular formula is C16H15FO. The predicted molar refractivity (Wildman–Crippen MR) is 70.3 cm³/mol. The zero-order valence-electron chi connectivity index (χ0n) is 10.3. The van der Waals surface area contributed by atoms with Crippen molar-refractivity contribution in [1.29, 1.82) is 0 Å². The smallest absolute Gasteiger partial charge is 0.170 e. The van der Waals surface area contributed by atoms with E-state index in [0.717, 1.165) is 12.0 Å². The lowest BCUT2D eigenvalue weighted by molar-refractivity contribution is 0.0989. The van der Waals surface area contributed by atoms with Gasteiger partial charge in [-0.2, -0.15) is 0 Å². The highest BCUT2D eigenvalue weighted by Crippen LogP contribution is 2.12. The summed E-state index contributed by atoms with van der Waals surface area (Å²) in [7, 11) is 0. The summed E-state index contributed by atoms with van der Waals surface area (Å²) in [5.74, 6) is -0.634. The largest absolute Gasteiger partial charge is 0.294 e. The van der Waals surface area contributed by atoms with Gasteiger partial charge in [0.2, 0.25) is 0 Å². The van der Waals surface area contributed by atoms with Crippen LogP contribution in [0.5, 0.6) is 0 Å². The van der Waals surface area contributed by atoms with Crippen molar-refractivity contribution in [3.63, 3.8) is 0 Å². The summed E-state index contributed by atoms with van der Waals surface area (Å²) >= 11 is 0. The number of carbonyl (C=O) groups is 1. The highest BCUT2D eigenvalue weighted by molar-refractivity contribution is 5.97. The molecule has 0 amide bonds. The van der Waals surface area contributed by atoms with Crippen LogP contribution in [0.4, 0.5) is 4.39 Å². The third kappa shape index (κ3) is 2.83. The van der Waals surface area contributed by atoms with Crippen molar-refractivity contribution in [2.45, 2.75) is 19.8 Å². The molecule has 0 aromatic heterocycles. The minimum atomic E-state index is -0.451. The zero-order valence-corrected chi connectivity index (χ0v) is 10.3. The summed E-state index contributed by atoms with van der Waals surface area (Å²) in [4.78, 5) is 11.9. The van der Waals surface area contributed by atoms with Gasteiger partial charge in [-0.05, 0) is 29.7 Å². The molecule has 2 rings (SSSR count). The normalized spacial score (nSPS) is 10.3. The fraction of sp³-hybridized carbons (Fsp3) is 0.188. The molecule has 0 N–H and O–H groups in total. The van der Waals surface area contributed by atoms with Crippen LogP contribution >= 0.6 is 0 Å². The molecule has 0 fully saturated rings. The zero-order chi connectivity index (χ0) is 13.0. The summed E-state index contributed by atoms with van der Waals surface area (Å²) in [6.45, 7) is 2.08. The van der Waals surface area contributed by atoms with Crippen LogP contribution in [0.15, 0.2) is 48.5 Å². The molecule has 0 spiro atoms. The summed E-state index contributed by atoms with van der Waals surface area (Å²) < 4.78 is 13.4. The van der Waals surface area contributed by atoms with E-state index in [1.807, 2.05) is 24.3 Å². The molecule has 2 aromatic carbocycles. The van der Waals surface area contributed by atoms with E-state index in [0.29, 0.717) is 0 Å². The number of carbonyl (C=O) groups excluding carboxylic acids is 1. The summed E-state index contributed by atoms with van der Waals surface area (Å²) in [6, 6.07) is 14.0. The Balaban J connectivity index is 2.14. The maximum Gasteiger partial charge on any atom is 0.170 e. The number of halogens is 1. The van der Waals surface area contributed by atoms with Crippen molar-refractivity contribution in [2.75, 3.05) is 0 Å². The van der Waals surface area contributed by atoms with Gasteiger partial charge in [-0.1, -0.05) is 43.3 Å². The van der Waals surface area contributed by atoms with Crippen molar-refractivity contribution in [2.24, 2.45) is 0 Å². The summed E-state index contributed by atoms with van der Waals surface area (Å²) in [6.07, 6.45) is 1.21. The number of hydrogen-bond donors (Lipinski definition) is 0. The van der Waals surface area contributed by atoms with Gasteiger partial charge in [0.1, 0.15) is 5.82 Å². The fourth-order valence-corrected chi connectivity index (χ4v) is 1.86. The van der Waals surface area contributed by atoms with Gasteiger partial charge in [-0.3, -0.25) is 4.79 Å². The van der Waals surface area contributed by atoms with Crippen molar-refractivity contribution in [3.05, 3.63) is 71.0 Å². The first kappa shape index (κ1) is 12.5. The molecule has 0 aliphatic heterocycles. The quantitative estimate of drug-likeness (QED) is 0.745. The fourth-order valence-electron chi connectivity index (χ4n) is 1.86. The minimum absolute atomic E-state index is 0.164. The van der Waals surface area contributed by atoms with Crippen LogP contribution in [-0.2, 0) is 12.8 Å². The molecule has 0 unspecified atom stereocenters. The number of benzene rings is 2. The molecule has 0 saturated heterocycles. The lowest BCUT2D eigenvalue weighted by Gasteiger charge is -2.04. The Kier molecular flexibility index (Phi) is 3.88. The van der Waals surface area contributed by atoms with Crippen LogP contribution in [0.1, 0.15) is 28.4 Å². The molecule has 2 aromatic rings. The molecule has 2 heteroatoms. The molecule has 0 aliphatic carbocycles. The highest BCUT2D eigenvalue weighted by Gasteiger charge is 2.11. The molecule has 92 valence electrons.